The summed E-state index contributed by atoms with van der Waals surface area (Å²) in [5.41, 5.74) is 6.96. The molecule has 5 heteroatoms. The molecule has 20 heavy (non-hydrogen) atoms. The van der Waals surface area contributed by atoms with Gasteiger partial charge >= 0.3 is 0 Å². The van der Waals surface area contributed by atoms with Crippen molar-refractivity contribution in [3.63, 3.8) is 0 Å². The molecule has 0 radical (unpaired) electrons. The molecule has 1 amide bonds. The number of anilines is 1. The van der Waals surface area contributed by atoms with Gasteiger partial charge in [-0.1, -0.05) is 24.3 Å². The average Bonchev–Trinajstić information content (AvgIpc) is 2.39. The molecular weight excluding hydrogens is 262 g/mol. The van der Waals surface area contributed by atoms with Crippen LogP contribution < -0.4 is 11.1 Å². The maximum atomic E-state index is 13.5. The van der Waals surface area contributed by atoms with E-state index in [1.54, 1.807) is 24.3 Å². The minimum Gasteiger partial charge on any atom is -0.381 e. The van der Waals surface area contributed by atoms with Gasteiger partial charge in [0, 0.05) is 23.9 Å². The highest BCUT2D eigenvalue weighted by molar-refractivity contribution is 5.78. The Morgan fingerprint density at radius 1 is 1.10 bits per heavy atom. The van der Waals surface area contributed by atoms with Crippen LogP contribution in [0.2, 0.25) is 0 Å². The highest BCUT2D eigenvalue weighted by Gasteiger charge is 2.07. The second-order valence-electron chi connectivity index (χ2n) is 4.39. The zero-order valence-corrected chi connectivity index (χ0v) is 10.7. The molecule has 0 spiro atoms. The molecule has 0 bridgehead atoms. The molecule has 0 saturated carbocycles. The Morgan fingerprint density at radius 3 is 2.55 bits per heavy atom. The molecule has 2 aromatic rings. The molecule has 0 fully saturated rings. The van der Waals surface area contributed by atoms with E-state index in [-0.39, 0.29) is 13.0 Å². The van der Waals surface area contributed by atoms with Gasteiger partial charge in [0.05, 0.1) is 6.42 Å². The molecule has 0 heterocycles. The van der Waals surface area contributed by atoms with Crippen LogP contribution in [0.4, 0.5) is 14.5 Å². The van der Waals surface area contributed by atoms with Crippen molar-refractivity contribution in [3.8, 4) is 0 Å². The predicted molar refractivity (Wildman–Crippen MR) is 73.0 cm³/mol. The SMILES string of the molecule is NC(=O)Cc1ccccc1NCc1ccc(F)cc1F. The van der Waals surface area contributed by atoms with Gasteiger partial charge in [-0.25, -0.2) is 8.78 Å². The second kappa shape index (κ2) is 6.14. The van der Waals surface area contributed by atoms with E-state index in [1.165, 1.54) is 12.1 Å². The summed E-state index contributed by atoms with van der Waals surface area (Å²) in [7, 11) is 0. The van der Waals surface area contributed by atoms with Crippen LogP contribution in [0.25, 0.3) is 0 Å². The van der Waals surface area contributed by atoms with Crippen molar-refractivity contribution >= 4 is 11.6 Å². The molecule has 0 aliphatic carbocycles. The zero-order chi connectivity index (χ0) is 14.5. The second-order valence-corrected chi connectivity index (χ2v) is 4.39. The highest BCUT2D eigenvalue weighted by atomic mass is 19.1. The third-order valence-corrected chi connectivity index (χ3v) is 2.87. The van der Waals surface area contributed by atoms with E-state index in [0.29, 0.717) is 11.3 Å². The Morgan fingerprint density at radius 2 is 1.85 bits per heavy atom. The van der Waals surface area contributed by atoms with Crippen molar-refractivity contribution in [2.45, 2.75) is 13.0 Å². The van der Waals surface area contributed by atoms with E-state index in [9.17, 15) is 13.6 Å². The summed E-state index contributed by atoms with van der Waals surface area (Å²) in [6.07, 6.45) is 0.106. The van der Waals surface area contributed by atoms with Gasteiger partial charge in [0.1, 0.15) is 11.6 Å². The standard InChI is InChI=1S/C15H14F2N2O/c16-12-6-5-11(13(17)8-12)9-19-14-4-2-1-3-10(14)7-15(18)20/h1-6,8,19H,7,9H2,(H2,18,20). The first kappa shape index (κ1) is 14.0. The normalized spacial score (nSPS) is 10.3. The van der Waals surface area contributed by atoms with Crippen LogP contribution in [0.5, 0.6) is 0 Å². The van der Waals surface area contributed by atoms with Gasteiger partial charge in [-0.15, -0.1) is 0 Å². The van der Waals surface area contributed by atoms with Gasteiger partial charge in [-0.2, -0.15) is 0 Å². The number of carbonyl (C=O) groups is 1. The quantitative estimate of drug-likeness (QED) is 0.882. The lowest BCUT2D eigenvalue weighted by atomic mass is 10.1. The van der Waals surface area contributed by atoms with E-state index in [0.717, 1.165) is 11.6 Å². The van der Waals surface area contributed by atoms with Crippen LogP contribution in [0.1, 0.15) is 11.1 Å². The van der Waals surface area contributed by atoms with Crippen molar-refractivity contribution < 1.29 is 13.6 Å². The monoisotopic (exact) mass is 276 g/mol. The molecule has 0 aliphatic rings. The molecule has 0 unspecified atom stereocenters. The maximum absolute atomic E-state index is 13.5. The average molecular weight is 276 g/mol. The predicted octanol–water partition coefficient (Wildman–Crippen LogP) is 2.60. The molecule has 104 valence electrons. The number of benzene rings is 2. The Labute approximate surface area is 115 Å². The van der Waals surface area contributed by atoms with Crippen molar-refractivity contribution in [3.05, 3.63) is 65.2 Å². The molecule has 0 saturated heterocycles. The lowest BCUT2D eigenvalue weighted by molar-refractivity contribution is -0.117. The molecule has 3 nitrogen and oxygen atoms in total. The lowest BCUT2D eigenvalue weighted by Crippen LogP contribution is -2.15. The first-order chi connectivity index (χ1) is 9.56. The molecule has 0 aromatic heterocycles. The van der Waals surface area contributed by atoms with Crippen molar-refractivity contribution in [2.24, 2.45) is 5.73 Å². The number of rotatable bonds is 5. The molecular formula is C15H14F2N2O. The van der Waals surface area contributed by atoms with Crippen LogP contribution in [0.3, 0.4) is 0 Å². The zero-order valence-electron chi connectivity index (χ0n) is 10.7. The molecule has 0 aliphatic heterocycles. The summed E-state index contributed by atoms with van der Waals surface area (Å²) in [6, 6.07) is 10.6. The van der Waals surface area contributed by atoms with Gasteiger partial charge in [-0.3, -0.25) is 4.79 Å². The number of halogens is 2. The summed E-state index contributed by atoms with van der Waals surface area (Å²) < 4.78 is 26.3. The number of carbonyl (C=O) groups excluding carboxylic acids is 1. The summed E-state index contributed by atoms with van der Waals surface area (Å²) in [4.78, 5) is 11.0. The van der Waals surface area contributed by atoms with Gasteiger partial charge in [0.25, 0.3) is 0 Å². The Hall–Kier alpha value is -2.43. The molecule has 2 aromatic carbocycles. The Bertz CT molecular complexity index is 629. The smallest absolute Gasteiger partial charge is 0.221 e. The third kappa shape index (κ3) is 3.54. The van der Waals surface area contributed by atoms with E-state index in [1.807, 2.05) is 0 Å². The third-order valence-electron chi connectivity index (χ3n) is 2.87. The van der Waals surface area contributed by atoms with Crippen LogP contribution >= 0.6 is 0 Å². The van der Waals surface area contributed by atoms with Crippen LogP contribution in [0.15, 0.2) is 42.5 Å². The topological polar surface area (TPSA) is 55.1 Å². The van der Waals surface area contributed by atoms with Crippen LogP contribution in [-0.4, -0.2) is 5.91 Å². The van der Waals surface area contributed by atoms with Gasteiger partial charge in [0.2, 0.25) is 5.91 Å². The first-order valence-corrected chi connectivity index (χ1v) is 6.10. The van der Waals surface area contributed by atoms with Crippen molar-refractivity contribution in [2.75, 3.05) is 5.32 Å². The molecule has 2 rings (SSSR count). The van der Waals surface area contributed by atoms with Crippen molar-refractivity contribution in [1.82, 2.24) is 0 Å². The minimum atomic E-state index is -0.611. The first-order valence-electron chi connectivity index (χ1n) is 6.10. The van der Waals surface area contributed by atoms with E-state index in [2.05, 4.69) is 5.32 Å². The number of nitrogens with two attached hydrogens (primary N) is 1. The largest absolute Gasteiger partial charge is 0.381 e. The highest BCUT2D eigenvalue weighted by Crippen LogP contribution is 2.18. The van der Waals surface area contributed by atoms with Crippen LogP contribution in [-0.2, 0) is 17.8 Å². The van der Waals surface area contributed by atoms with E-state index >= 15 is 0 Å². The van der Waals surface area contributed by atoms with E-state index in [4.69, 9.17) is 5.73 Å². The summed E-state index contributed by atoms with van der Waals surface area (Å²) >= 11 is 0. The minimum absolute atomic E-state index is 0.106. The number of hydrogen-bond donors (Lipinski definition) is 2. The fourth-order valence-electron chi connectivity index (χ4n) is 1.89. The molecule has 0 atom stereocenters. The van der Waals surface area contributed by atoms with Gasteiger partial charge in [0.15, 0.2) is 0 Å². The fourth-order valence-corrected chi connectivity index (χ4v) is 1.89. The van der Waals surface area contributed by atoms with Gasteiger partial charge in [-0.05, 0) is 17.7 Å². The van der Waals surface area contributed by atoms with Crippen LogP contribution in [0, 0.1) is 11.6 Å². The number of hydrogen-bond acceptors (Lipinski definition) is 2. The summed E-state index contributed by atoms with van der Waals surface area (Å²) in [6.45, 7) is 0.196. The Balaban J connectivity index is 2.12. The number of primary amides is 1. The fraction of sp³-hybridized carbons (Fsp3) is 0.133. The van der Waals surface area contributed by atoms with Gasteiger partial charge < -0.3 is 11.1 Å². The number of para-hydroxylation sites is 1. The maximum Gasteiger partial charge on any atom is 0.221 e. The molecule has 3 N–H and O–H groups in total. The lowest BCUT2D eigenvalue weighted by Gasteiger charge is -2.11. The summed E-state index contributed by atoms with van der Waals surface area (Å²) in [5.74, 6) is -1.66. The van der Waals surface area contributed by atoms with Crippen molar-refractivity contribution in [1.29, 1.82) is 0 Å². The van der Waals surface area contributed by atoms with E-state index < -0.39 is 17.5 Å². The summed E-state index contributed by atoms with van der Waals surface area (Å²) in [5, 5.41) is 3.02. The Kier molecular flexibility index (Phi) is 4.30. The number of nitrogens with one attached hydrogen (secondary N) is 1. The number of amides is 1.